The van der Waals surface area contributed by atoms with E-state index in [1.807, 2.05) is 29.3 Å². The molecule has 1 aromatic carbocycles. The summed E-state index contributed by atoms with van der Waals surface area (Å²) < 4.78 is 0. The molecule has 0 atom stereocenters. The Hall–Kier alpha value is -2.62. The van der Waals surface area contributed by atoms with Gasteiger partial charge in [0.15, 0.2) is 0 Å². The summed E-state index contributed by atoms with van der Waals surface area (Å²) in [5.74, 6) is 0.649. The average Bonchev–Trinajstić information content (AvgIpc) is 3.13. The maximum Gasteiger partial charge on any atom is 0.253 e. The van der Waals surface area contributed by atoms with Gasteiger partial charge < -0.3 is 9.88 Å². The Morgan fingerprint density at radius 1 is 1.19 bits per heavy atom. The monoisotopic (exact) mass is 347 g/mol. The summed E-state index contributed by atoms with van der Waals surface area (Å²) in [6, 6.07) is 12.2. The molecule has 1 N–H and O–H groups in total. The van der Waals surface area contributed by atoms with E-state index in [1.54, 1.807) is 0 Å². The zero-order valence-electron chi connectivity index (χ0n) is 15.2. The lowest BCUT2D eigenvalue weighted by atomic mass is 9.89. The maximum absolute atomic E-state index is 12.8. The number of aromatic nitrogens is 2. The smallest absolute Gasteiger partial charge is 0.253 e. The summed E-state index contributed by atoms with van der Waals surface area (Å²) in [6.45, 7) is 3.80. The van der Waals surface area contributed by atoms with E-state index in [4.69, 9.17) is 0 Å². The third-order valence-electron chi connectivity index (χ3n) is 5.44. The van der Waals surface area contributed by atoms with Crippen LogP contribution in [0.25, 0.3) is 11.0 Å². The third-order valence-corrected chi connectivity index (χ3v) is 5.44. The van der Waals surface area contributed by atoms with Crippen molar-refractivity contribution in [1.29, 1.82) is 0 Å². The minimum absolute atomic E-state index is 0.159. The molecule has 2 aromatic heterocycles. The van der Waals surface area contributed by atoms with Crippen LogP contribution in [0.4, 0.5) is 0 Å². The topological polar surface area (TPSA) is 49.0 Å². The Labute approximate surface area is 154 Å². The van der Waals surface area contributed by atoms with Crippen molar-refractivity contribution in [1.82, 2.24) is 14.9 Å². The molecule has 4 rings (SSSR count). The number of hydrogen-bond acceptors (Lipinski definition) is 2. The second-order valence-electron chi connectivity index (χ2n) is 7.16. The molecule has 0 bridgehead atoms. The Morgan fingerprint density at radius 3 is 2.69 bits per heavy atom. The Balaban J connectivity index is 1.42. The number of H-pyrrole nitrogens is 1. The number of nitrogens with one attached hydrogen (secondary N) is 1. The highest BCUT2D eigenvalue weighted by Crippen LogP contribution is 2.32. The van der Waals surface area contributed by atoms with E-state index in [9.17, 15) is 4.79 Å². The number of carbonyl (C=O) groups excluding carboxylic acids is 1. The second-order valence-corrected chi connectivity index (χ2v) is 7.16. The number of piperidine rings is 1. The van der Waals surface area contributed by atoms with Crippen LogP contribution in [0.5, 0.6) is 0 Å². The first kappa shape index (κ1) is 16.8. The molecule has 4 heteroatoms. The van der Waals surface area contributed by atoms with Crippen LogP contribution in [-0.2, 0) is 6.42 Å². The zero-order chi connectivity index (χ0) is 17.9. The fourth-order valence-corrected chi connectivity index (χ4v) is 3.99. The van der Waals surface area contributed by atoms with Gasteiger partial charge in [-0.3, -0.25) is 4.79 Å². The van der Waals surface area contributed by atoms with Crippen LogP contribution in [-0.4, -0.2) is 33.9 Å². The van der Waals surface area contributed by atoms with Crippen LogP contribution < -0.4 is 0 Å². The Bertz CT molecular complexity index is 889. The van der Waals surface area contributed by atoms with Crippen molar-refractivity contribution >= 4 is 16.9 Å². The molecule has 4 nitrogen and oxygen atoms in total. The number of likely N-dealkylation sites (tertiary alicyclic amines) is 1. The molecule has 0 saturated carbocycles. The van der Waals surface area contributed by atoms with Crippen LogP contribution in [0.15, 0.2) is 48.8 Å². The number of fused-ring (bicyclic) bond motifs is 1. The second kappa shape index (κ2) is 7.32. The van der Waals surface area contributed by atoms with Crippen LogP contribution in [0.1, 0.15) is 53.6 Å². The number of nitrogens with zero attached hydrogens (tertiary/aromatic N) is 2. The number of aryl methyl sites for hydroxylation is 1. The van der Waals surface area contributed by atoms with Gasteiger partial charge in [-0.2, -0.15) is 0 Å². The highest BCUT2D eigenvalue weighted by atomic mass is 16.2. The van der Waals surface area contributed by atoms with Gasteiger partial charge >= 0.3 is 0 Å². The van der Waals surface area contributed by atoms with Crippen LogP contribution >= 0.6 is 0 Å². The molecule has 1 saturated heterocycles. The summed E-state index contributed by atoms with van der Waals surface area (Å²) >= 11 is 0. The van der Waals surface area contributed by atoms with Gasteiger partial charge in [0, 0.05) is 36.4 Å². The van der Waals surface area contributed by atoms with E-state index in [-0.39, 0.29) is 5.91 Å². The first-order valence-corrected chi connectivity index (χ1v) is 9.56. The minimum atomic E-state index is 0.159. The van der Waals surface area contributed by atoms with Crippen LogP contribution in [0.2, 0.25) is 0 Å². The molecular formula is C22H25N3O. The number of carbonyl (C=O) groups is 1. The van der Waals surface area contributed by atoms with Crippen LogP contribution in [0.3, 0.4) is 0 Å². The molecule has 1 aliphatic heterocycles. The van der Waals surface area contributed by atoms with Crippen molar-refractivity contribution in [3.63, 3.8) is 0 Å². The van der Waals surface area contributed by atoms with Gasteiger partial charge in [-0.25, -0.2) is 4.98 Å². The zero-order valence-corrected chi connectivity index (χ0v) is 15.2. The quantitative estimate of drug-likeness (QED) is 0.753. The molecule has 1 aliphatic rings. The molecule has 3 heterocycles. The molecule has 0 radical (unpaired) electrons. The van der Waals surface area contributed by atoms with E-state index in [0.717, 1.165) is 50.0 Å². The SMILES string of the molecule is CCCc1ccc(C(=O)N2CCC(c3c[nH]c4ncccc34)CC2)cc1. The largest absolute Gasteiger partial charge is 0.346 e. The minimum Gasteiger partial charge on any atom is -0.346 e. The fourth-order valence-electron chi connectivity index (χ4n) is 3.99. The Kier molecular flexibility index (Phi) is 4.74. The molecule has 134 valence electrons. The molecule has 3 aromatic rings. The Morgan fingerprint density at radius 2 is 1.96 bits per heavy atom. The van der Waals surface area contributed by atoms with E-state index in [2.05, 4.69) is 41.3 Å². The van der Waals surface area contributed by atoms with Gasteiger partial charge in [0.1, 0.15) is 5.65 Å². The predicted octanol–water partition coefficient (Wildman–Crippen LogP) is 4.54. The lowest BCUT2D eigenvalue weighted by Crippen LogP contribution is -2.37. The number of rotatable bonds is 4. The third kappa shape index (κ3) is 3.24. The highest BCUT2D eigenvalue weighted by Gasteiger charge is 2.26. The van der Waals surface area contributed by atoms with Crippen LogP contribution in [0, 0.1) is 0 Å². The van der Waals surface area contributed by atoms with Crippen molar-refractivity contribution in [2.75, 3.05) is 13.1 Å². The van der Waals surface area contributed by atoms with Gasteiger partial charge in [-0.05, 0) is 60.6 Å². The molecule has 1 amide bonds. The molecule has 0 aliphatic carbocycles. The van der Waals surface area contributed by atoms with Gasteiger partial charge in [0.2, 0.25) is 0 Å². The molecule has 26 heavy (non-hydrogen) atoms. The van der Waals surface area contributed by atoms with Crippen molar-refractivity contribution in [2.45, 2.75) is 38.5 Å². The number of benzene rings is 1. The van der Waals surface area contributed by atoms with E-state index >= 15 is 0 Å². The number of amides is 1. The van der Waals surface area contributed by atoms with E-state index in [0.29, 0.717) is 5.92 Å². The summed E-state index contributed by atoms with van der Waals surface area (Å²) in [5, 5.41) is 1.21. The summed E-state index contributed by atoms with van der Waals surface area (Å²) in [7, 11) is 0. The van der Waals surface area contributed by atoms with Crippen molar-refractivity contribution in [2.24, 2.45) is 0 Å². The lowest BCUT2D eigenvalue weighted by molar-refractivity contribution is 0.0713. The van der Waals surface area contributed by atoms with Gasteiger partial charge in [-0.15, -0.1) is 0 Å². The number of aromatic amines is 1. The van der Waals surface area contributed by atoms with Gasteiger partial charge in [0.25, 0.3) is 5.91 Å². The predicted molar refractivity (Wildman–Crippen MR) is 104 cm³/mol. The summed E-state index contributed by atoms with van der Waals surface area (Å²) in [4.78, 5) is 22.4. The molecule has 0 spiro atoms. The maximum atomic E-state index is 12.8. The van der Waals surface area contributed by atoms with Gasteiger partial charge in [0.05, 0.1) is 0 Å². The average molecular weight is 347 g/mol. The highest BCUT2D eigenvalue weighted by molar-refractivity contribution is 5.94. The lowest BCUT2D eigenvalue weighted by Gasteiger charge is -2.32. The normalized spacial score (nSPS) is 15.5. The number of hydrogen-bond donors (Lipinski definition) is 1. The van der Waals surface area contributed by atoms with E-state index in [1.165, 1.54) is 16.5 Å². The number of pyridine rings is 1. The molecular weight excluding hydrogens is 322 g/mol. The molecule has 1 fully saturated rings. The standard InChI is InChI=1S/C22H25N3O/c1-2-4-16-6-8-18(9-7-16)22(26)25-13-10-17(11-14-25)20-15-24-21-19(20)5-3-12-23-21/h3,5-9,12,15,17H,2,4,10-11,13-14H2,1H3,(H,23,24). The summed E-state index contributed by atoms with van der Waals surface area (Å²) in [6.07, 6.45) is 8.11. The fraction of sp³-hybridized carbons (Fsp3) is 0.364. The van der Waals surface area contributed by atoms with Crippen molar-refractivity contribution in [3.05, 3.63) is 65.5 Å². The van der Waals surface area contributed by atoms with Gasteiger partial charge in [-0.1, -0.05) is 25.5 Å². The molecule has 0 unspecified atom stereocenters. The van der Waals surface area contributed by atoms with E-state index < -0.39 is 0 Å². The summed E-state index contributed by atoms with van der Waals surface area (Å²) in [5.41, 5.74) is 4.40. The first-order valence-electron chi connectivity index (χ1n) is 9.56. The first-order chi connectivity index (χ1) is 12.8. The van der Waals surface area contributed by atoms with Crippen molar-refractivity contribution < 1.29 is 4.79 Å². The van der Waals surface area contributed by atoms with Crippen molar-refractivity contribution in [3.8, 4) is 0 Å².